The molecule has 27 heavy (non-hydrogen) atoms. The first-order valence-corrected chi connectivity index (χ1v) is 9.30. The number of aliphatic hydroxyl groups is 2. The molecule has 9 nitrogen and oxygen atoms in total. The van der Waals surface area contributed by atoms with E-state index in [4.69, 9.17) is 18.9 Å². The van der Waals surface area contributed by atoms with Crippen LogP contribution in [0, 0.1) is 0 Å². The topological polar surface area (TPSA) is 110 Å². The molecule has 1 aliphatic heterocycles. The van der Waals surface area contributed by atoms with Crippen molar-refractivity contribution in [3.8, 4) is 0 Å². The van der Waals surface area contributed by atoms with E-state index in [9.17, 15) is 15.0 Å². The highest BCUT2D eigenvalue weighted by Crippen LogP contribution is 2.30. The van der Waals surface area contributed by atoms with Gasteiger partial charge in [0.2, 0.25) is 6.41 Å². The van der Waals surface area contributed by atoms with E-state index in [-0.39, 0.29) is 6.61 Å². The summed E-state index contributed by atoms with van der Waals surface area (Å²) in [7, 11) is 0. The van der Waals surface area contributed by atoms with Crippen LogP contribution < -0.4 is 5.43 Å². The predicted octanol–water partition coefficient (Wildman–Crippen LogP) is 1.72. The lowest BCUT2D eigenvalue weighted by Gasteiger charge is -2.41. The Hall–Kier alpha value is -0.970. The first-order valence-electron chi connectivity index (χ1n) is 9.30. The highest BCUT2D eigenvalue weighted by atomic mass is 16.7. The maximum Gasteiger partial charge on any atom is 0.425 e. The third-order valence-electron chi connectivity index (χ3n) is 3.72. The van der Waals surface area contributed by atoms with E-state index >= 15 is 0 Å². The smallest absolute Gasteiger partial charge is 0.425 e. The number of carbonyl (C=O) groups excluding carboxylic acids is 1. The minimum absolute atomic E-state index is 0.0597. The molecule has 1 amide bonds. The summed E-state index contributed by atoms with van der Waals surface area (Å²) in [5.74, 6) is -1.11. The average molecular weight is 392 g/mol. The fraction of sp³-hybridized carbons (Fsp3) is 0.944. The number of hydrazine groups is 1. The number of aliphatic hydroxyl groups excluding tert-OH is 2. The van der Waals surface area contributed by atoms with E-state index in [0.717, 1.165) is 5.01 Å². The van der Waals surface area contributed by atoms with E-state index in [1.165, 1.54) is 0 Å². The molecule has 0 radical (unpaired) electrons. The van der Waals surface area contributed by atoms with Crippen LogP contribution in [0.5, 0.6) is 0 Å². The zero-order valence-corrected chi connectivity index (χ0v) is 17.6. The zero-order valence-electron chi connectivity index (χ0n) is 17.6. The summed E-state index contributed by atoms with van der Waals surface area (Å²) < 4.78 is 22.4. The molecule has 1 aliphatic rings. The molecule has 1 saturated heterocycles. The van der Waals surface area contributed by atoms with E-state index in [1.807, 2.05) is 0 Å². The Morgan fingerprint density at radius 2 is 1.74 bits per heavy atom. The summed E-state index contributed by atoms with van der Waals surface area (Å²) in [6.45, 7) is 13.0. The molecule has 1 heterocycles. The van der Waals surface area contributed by atoms with E-state index in [0.29, 0.717) is 26.1 Å². The van der Waals surface area contributed by atoms with Crippen LogP contribution in [0.25, 0.3) is 0 Å². The summed E-state index contributed by atoms with van der Waals surface area (Å²) >= 11 is 0. The minimum atomic E-state index is -1.46. The lowest BCUT2D eigenvalue weighted by Crippen LogP contribution is -2.62. The van der Waals surface area contributed by atoms with Gasteiger partial charge in [-0.05, 0) is 61.3 Å². The fourth-order valence-electron chi connectivity index (χ4n) is 2.69. The second-order valence-corrected chi connectivity index (χ2v) is 8.66. The van der Waals surface area contributed by atoms with Crippen LogP contribution >= 0.6 is 0 Å². The van der Waals surface area contributed by atoms with Gasteiger partial charge in [-0.2, -0.15) is 5.43 Å². The van der Waals surface area contributed by atoms with Crippen LogP contribution in [0.15, 0.2) is 0 Å². The van der Waals surface area contributed by atoms with Crippen molar-refractivity contribution in [3.05, 3.63) is 0 Å². The molecule has 0 spiro atoms. The van der Waals surface area contributed by atoms with Gasteiger partial charge in [0.1, 0.15) is 11.6 Å². The standard InChI is InChI=1S/C18H36N2O7/c1-16(2,3)26-14(22)19-20(15(23)27-17(4,5)6)13(9-8-10-21)18(7)24-11-12-25-18/h13-14,19,21-22H,8-12H2,1-7H3. The van der Waals surface area contributed by atoms with Crippen LogP contribution in [0.2, 0.25) is 0 Å². The number of carbonyl (C=O) groups is 1. The van der Waals surface area contributed by atoms with Crippen LogP contribution in [-0.4, -0.2) is 70.6 Å². The Bertz CT molecular complexity index is 467. The van der Waals surface area contributed by atoms with Gasteiger partial charge in [0.05, 0.1) is 18.8 Å². The quantitative estimate of drug-likeness (QED) is 0.423. The molecular weight excluding hydrogens is 356 g/mol. The molecule has 9 heteroatoms. The second-order valence-electron chi connectivity index (χ2n) is 8.66. The zero-order chi connectivity index (χ0) is 20.9. The van der Waals surface area contributed by atoms with Crippen molar-refractivity contribution >= 4 is 6.09 Å². The minimum Gasteiger partial charge on any atom is -0.443 e. The molecule has 0 saturated carbocycles. The van der Waals surface area contributed by atoms with Gasteiger partial charge >= 0.3 is 6.09 Å². The van der Waals surface area contributed by atoms with Crippen molar-refractivity contribution in [1.82, 2.24) is 10.4 Å². The fourth-order valence-corrected chi connectivity index (χ4v) is 2.69. The number of ether oxygens (including phenoxy) is 4. The summed E-state index contributed by atoms with van der Waals surface area (Å²) in [6, 6.07) is -0.666. The molecule has 160 valence electrons. The molecule has 1 fully saturated rings. The summed E-state index contributed by atoms with van der Waals surface area (Å²) in [5, 5.41) is 20.7. The molecule has 0 aliphatic carbocycles. The molecule has 2 atom stereocenters. The number of rotatable bonds is 8. The van der Waals surface area contributed by atoms with Crippen LogP contribution in [0.4, 0.5) is 4.79 Å². The van der Waals surface area contributed by atoms with Crippen LogP contribution in [0.1, 0.15) is 61.3 Å². The Morgan fingerprint density at radius 3 is 2.19 bits per heavy atom. The maximum absolute atomic E-state index is 12.9. The number of amides is 1. The van der Waals surface area contributed by atoms with Gasteiger partial charge in [-0.3, -0.25) is 0 Å². The Balaban J connectivity index is 3.11. The van der Waals surface area contributed by atoms with Gasteiger partial charge in [0.25, 0.3) is 0 Å². The third-order valence-corrected chi connectivity index (χ3v) is 3.72. The van der Waals surface area contributed by atoms with Gasteiger partial charge < -0.3 is 29.2 Å². The van der Waals surface area contributed by atoms with Crippen molar-refractivity contribution < 1.29 is 34.0 Å². The monoisotopic (exact) mass is 392 g/mol. The molecule has 2 unspecified atom stereocenters. The Kier molecular flexibility index (Phi) is 8.46. The molecule has 0 bridgehead atoms. The Labute approximate surface area is 161 Å². The third kappa shape index (κ3) is 8.28. The molecule has 0 aromatic carbocycles. The van der Waals surface area contributed by atoms with E-state index in [2.05, 4.69) is 5.43 Å². The maximum atomic E-state index is 12.9. The first kappa shape index (κ1) is 24.1. The molecule has 3 N–H and O–H groups in total. The van der Waals surface area contributed by atoms with Crippen LogP contribution in [0.3, 0.4) is 0 Å². The van der Waals surface area contributed by atoms with Gasteiger partial charge in [-0.25, -0.2) is 9.80 Å². The van der Waals surface area contributed by atoms with Crippen molar-refractivity contribution in [2.24, 2.45) is 0 Å². The highest BCUT2D eigenvalue weighted by molar-refractivity contribution is 5.68. The van der Waals surface area contributed by atoms with E-state index in [1.54, 1.807) is 48.5 Å². The van der Waals surface area contributed by atoms with Gasteiger partial charge in [-0.1, -0.05) is 0 Å². The second kappa shape index (κ2) is 9.49. The normalized spacial score (nSPS) is 19.6. The molecule has 1 rings (SSSR count). The highest BCUT2D eigenvalue weighted by Gasteiger charge is 2.46. The molecule has 0 aromatic heterocycles. The van der Waals surface area contributed by atoms with Crippen LogP contribution in [-0.2, 0) is 18.9 Å². The summed E-state index contributed by atoms with van der Waals surface area (Å²) in [5.41, 5.74) is 1.27. The van der Waals surface area contributed by atoms with Gasteiger partial charge in [0.15, 0.2) is 5.79 Å². The van der Waals surface area contributed by atoms with Crippen molar-refractivity contribution in [3.63, 3.8) is 0 Å². The lowest BCUT2D eigenvalue weighted by molar-refractivity contribution is -0.236. The summed E-state index contributed by atoms with van der Waals surface area (Å²) in [6.07, 6.45) is -1.40. The molecular formula is C18H36N2O7. The number of nitrogens with zero attached hydrogens (tertiary/aromatic N) is 1. The number of hydrogen-bond acceptors (Lipinski definition) is 8. The average Bonchev–Trinajstić information content (AvgIpc) is 2.90. The van der Waals surface area contributed by atoms with Crippen molar-refractivity contribution in [2.45, 2.75) is 90.8 Å². The van der Waals surface area contributed by atoms with E-state index < -0.39 is 35.5 Å². The Morgan fingerprint density at radius 1 is 1.19 bits per heavy atom. The summed E-state index contributed by atoms with van der Waals surface area (Å²) in [4.78, 5) is 12.9. The first-order chi connectivity index (χ1) is 12.3. The lowest BCUT2D eigenvalue weighted by atomic mass is 10.0. The largest absolute Gasteiger partial charge is 0.443 e. The SMILES string of the molecule is CC(C)(C)OC(=O)N(NC(O)OC(C)(C)C)C(CCCO)C1(C)OCCO1. The van der Waals surface area contributed by atoms with Crippen molar-refractivity contribution in [1.29, 1.82) is 0 Å². The number of hydrogen-bond donors (Lipinski definition) is 3. The van der Waals surface area contributed by atoms with Gasteiger partial charge in [0, 0.05) is 6.61 Å². The van der Waals surface area contributed by atoms with Crippen molar-refractivity contribution in [2.75, 3.05) is 19.8 Å². The van der Waals surface area contributed by atoms with Gasteiger partial charge in [-0.15, -0.1) is 0 Å². The predicted molar refractivity (Wildman–Crippen MR) is 98.5 cm³/mol. The molecule has 0 aromatic rings. The number of nitrogens with one attached hydrogen (secondary N) is 1.